The number of rotatable bonds is 0. The number of fused-ring (bicyclic) bond motifs is 4. The first kappa shape index (κ1) is 22.0. The Morgan fingerprint density at radius 3 is 1.40 bits per heavy atom. The summed E-state index contributed by atoms with van der Waals surface area (Å²) in [5, 5.41) is 0. The van der Waals surface area contributed by atoms with E-state index in [4.69, 9.17) is 11.5 Å². The van der Waals surface area contributed by atoms with Crippen molar-refractivity contribution in [1.29, 1.82) is 0 Å². The van der Waals surface area contributed by atoms with Crippen LogP contribution >= 0.6 is 0 Å². The summed E-state index contributed by atoms with van der Waals surface area (Å²) in [6, 6.07) is 22.1. The molecule has 4 aromatic rings. The molecule has 0 amide bonds. The van der Waals surface area contributed by atoms with Gasteiger partial charge in [0, 0.05) is 44.8 Å². The average Bonchev–Trinajstić information content (AvgIpc) is 2.86. The first-order chi connectivity index (χ1) is 16.8. The molecule has 6 heteroatoms. The summed E-state index contributed by atoms with van der Waals surface area (Å²) in [4.78, 5) is 49.1. The van der Waals surface area contributed by atoms with E-state index in [1.54, 1.807) is 72.8 Å². The van der Waals surface area contributed by atoms with Crippen molar-refractivity contribution in [3.05, 3.63) is 129 Å². The summed E-state index contributed by atoms with van der Waals surface area (Å²) in [7, 11) is 0. The van der Waals surface area contributed by atoms with Crippen LogP contribution in [0.4, 0.5) is 11.4 Å². The number of carbonyl (C=O) groups excluding carboxylic acids is 4. The molecule has 2 aliphatic carbocycles. The normalized spacial score (nSPS) is 13.2. The number of anilines is 2. The molecule has 0 radical (unpaired) electrons. The highest BCUT2D eigenvalue weighted by Gasteiger charge is 2.32. The Bertz CT molecular complexity index is 1540. The first-order valence-electron chi connectivity index (χ1n) is 10.9. The van der Waals surface area contributed by atoms with E-state index in [2.05, 4.69) is 0 Å². The lowest BCUT2D eigenvalue weighted by molar-refractivity contribution is 0.0979. The molecule has 6 nitrogen and oxygen atoms in total. The third kappa shape index (κ3) is 3.43. The summed E-state index contributed by atoms with van der Waals surface area (Å²) in [6.45, 7) is 1.92. The largest absolute Gasteiger partial charge is 0.398 e. The number of hydrogen-bond acceptors (Lipinski definition) is 6. The molecule has 6 rings (SSSR count). The summed E-state index contributed by atoms with van der Waals surface area (Å²) in [5.74, 6) is -0.607. The Morgan fingerprint density at radius 2 is 0.886 bits per heavy atom. The Balaban J connectivity index is 0.000000145. The second-order valence-corrected chi connectivity index (χ2v) is 8.45. The monoisotopic (exact) mass is 460 g/mol. The molecule has 0 saturated carbocycles. The molecule has 0 spiro atoms. The van der Waals surface area contributed by atoms with Crippen LogP contribution in [0.2, 0.25) is 0 Å². The molecular weight excluding hydrogens is 440 g/mol. The van der Waals surface area contributed by atoms with E-state index in [0.717, 1.165) is 5.56 Å². The third-order valence-electron chi connectivity index (χ3n) is 6.22. The van der Waals surface area contributed by atoms with E-state index < -0.39 is 0 Å². The lowest BCUT2D eigenvalue weighted by atomic mass is 9.82. The highest BCUT2D eigenvalue weighted by atomic mass is 16.1. The van der Waals surface area contributed by atoms with Gasteiger partial charge in [0.25, 0.3) is 0 Å². The second-order valence-electron chi connectivity index (χ2n) is 8.45. The van der Waals surface area contributed by atoms with E-state index in [1.165, 1.54) is 0 Å². The molecule has 4 aromatic carbocycles. The van der Waals surface area contributed by atoms with Crippen molar-refractivity contribution in [3.63, 3.8) is 0 Å². The maximum Gasteiger partial charge on any atom is 0.196 e. The predicted molar refractivity (Wildman–Crippen MR) is 133 cm³/mol. The van der Waals surface area contributed by atoms with Crippen LogP contribution < -0.4 is 11.5 Å². The summed E-state index contributed by atoms with van der Waals surface area (Å²) >= 11 is 0. The smallest absolute Gasteiger partial charge is 0.196 e. The maximum absolute atomic E-state index is 12.3. The van der Waals surface area contributed by atoms with Crippen LogP contribution in [0.15, 0.2) is 78.9 Å². The summed E-state index contributed by atoms with van der Waals surface area (Å²) < 4.78 is 0. The van der Waals surface area contributed by atoms with Gasteiger partial charge in [-0.3, -0.25) is 19.2 Å². The molecule has 4 N–H and O–H groups in total. The van der Waals surface area contributed by atoms with Crippen molar-refractivity contribution in [2.75, 3.05) is 11.5 Å². The maximum atomic E-state index is 12.3. The van der Waals surface area contributed by atoms with Crippen molar-refractivity contribution in [2.24, 2.45) is 0 Å². The quantitative estimate of drug-likeness (QED) is 0.324. The third-order valence-corrected chi connectivity index (χ3v) is 6.22. The SMILES string of the molecule is Cc1ccc2c(c1)C(=O)c1ccccc1C2=O.Nc1cccc2c1C(=O)c1cccc(N)c1C2=O. The fraction of sp³-hybridized carbons (Fsp3) is 0.0345. The first-order valence-corrected chi connectivity index (χ1v) is 10.9. The minimum atomic E-state index is -0.245. The van der Waals surface area contributed by atoms with Gasteiger partial charge in [0.2, 0.25) is 0 Å². The fourth-order valence-electron chi connectivity index (χ4n) is 4.51. The van der Waals surface area contributed by atoms with Crippen LogP contribution in [-0.4, -0.2) is 23.1 Å². The van der Waals surface area contributed by atoms with Gasteiger partial charge in [-0.05, 0) is 25.1 Å². The van der Waals surface area contributed by atoms with Gasteiger partial charge in [0.1, 0.15) is 0 Å². The topological polar surface area (TPSA) is 120 Å². The molecule has 0 unspecified atom stereocenters. The molecule has 2 aliphatic rings. The Labute approximate surface area is 201 Å². The minimum absolute atomic E-state index is 0.0566. The number of carbonyl (C=O) groups is 4. The second kappa shape index (κ2) is 8.18. The lowest BCUT2D eigenvalue weighted by Crippen LogP contribution is -2.23. The number of nitrogen functional groups attached to an aromatic ring is 2. The molecule has 0 saturated heterocycles. The van der Waals surface area contributed by atoms with Gasteiger partial charge < -0.3 is 11.5 Å². The van der Waals surface area contributed by atoms with Crippen molar-refractivity contribution < 1.29 is 19.2 Å². The van der Waals surface area contributed by atoms with E-state index >= 15 is 0 Å². The molecule has 35 heavy (non-hydrogen) atoms. The molecule has 0 aromatic heterocycles. The standard InChI is InChI=1S/C15H10O2.C14H10N2O2/c1-9-6-7-12-13(8-9)15(17)11-5-3-2-4-10(11)14(12)16;15-9-5-1-3-7-11(9)14(18)8-4-2-6-10(16)12(8)13(7)17/h2-8H,1H3;1-6H,15-16H2. The van der Waals surface area contributed by atoms with Crippen molar-refractivity contribution in [2.45, 2.75) is 6.92 Å². The Morgan fingerprint density at radius 1 is 0.457 bits per heavy atom. The number of ketones is 4. The van der Waals surface area contributed by atoms with Crippen molar-refractivity contribution in [3.8, 4) is 0 Å². The fourth-order valence-corrected chi connectivity index (χ4v) is 4.51. The van der Waals surface area contributed by atoms with Gasteiger partial charge >= 0.3 is 0 Å². The predicted octanol–water partition coefficient (Wildman–Crippen LogP) is 4.40. The summed E-state index contributed by atoms with van der Waals surface area (Å²) in [5.41, 5.74) is 16.5. The van der Waals surface area contributed by atoms with E-state index in [0.29, 0.717) is 44.8 Å². The molecule has 0 bridgehead atoms. The van der Waals surface area contributed by atoms with Crippen molar-refractivity contribution >= 4 is 34.5 Å². The minimum Gasteiger partial charge on any atom is -0.398 e. The van der Waals surface area contributed by atoms with Crippen LogP contribution in [0, 0.1) is 6.92 Å². The van der Waals surface area contributed by atoms with Crippen molar-refractivity contribution in [1.82, 2.24) is 0 Å². The zero-order chi connectivity index (χ0) is 24.9. The van der Waals surface area contributed by atoms with Gasteiger partial charge in [-0.2, -0.15) is 0 Å². The molecule has 170 valence electrons. The zero-order valence-corrected chi connectivity index (χ0v) is 18.8. The van der Waals surface area contributed by atoms with Crippen LogP contribution in [0.25, 0.3) is 0 Å². The molecule has 0 atom stereocenters. The number of hydrogen-bond donors (Lipinski definition) is 2. The highest BCUT2D eigenvalue weighted by molar-refractivity contribution is 6.31. The average molecular weight is 460 g/mol. The van der Waals surface area contributed by atoms with Gasteiger partial charge in [0.05, 0.1) is 11.1 Å². The number of aryl methyl sites for hydroxylation is 1. The van der Waals surface area contributed by atoms with Gasteiger partial charge in [-0.25, -0.2) is 0 Å². The Hall–Kier alpha value is -4.84. The molecule has 0 aliphatic heterocycles. The van der Waals surface area contributed by atoms with E-state index in [-0.39, 0.29) is 34.3 Å². The lowest BCUT2D eigenvalue weighted by Gasteiger charge is -2.19. The van der Waals surface area contributed by atoms with Crippen LogP contribution in [0.1, 0.15) is 69.2 Å². The van der Waals surface area contributed by atoms with Crippen LogP contribution in [-0.2, 0) is 0 Å². The number of nitrogens with two attached hydrogens (primary N) is 2. The Kier molecular flexibility index (Phi) is 5.14. The van der Waals surface area contributed by atoms with Gasteiger partial charge in [-0.1, -0.05) is 66.2 Å². The molecular formula is C29H20N2O4. The number of benzene rings is 4. The van der Waals surface area contributed by atoms with Gasteiger partial charge in [0.15, 0.2) is 23.1 Å². The summed E-state index contributed by atoms with van der Waals surface area (Å²) in [6.07, 6.45) is 0. The van der Waals surface area contributed by atoms with Crippen LogP contribution in [0.5, 0.6) is 0 Å². The highest BCUT2D eigenvalue weighted by Crippen LogP contribution is 2.33. The van der Waals surface area contributed by atoms with Gasteiger partial charge in [-0.15, -0.1) is 0 Å². The van der Waals surface area contributed by atoms with E-state index in [9.17, 15) is 19.2 Å². The molecule has 0 fully saturated rings. The van der Waals surface area contributed by atoms with Crippen LogP contribution in [0.3, 0.4) is 0 Å². The molecule has 0 heterocycles. The zero-order valence-electron chi connectivity index (χ0n) is 18.8. The van der Waals surface area contributed by atoms with E-state index in [1.807, 2.05) is 13.0 Å².